The maximum Gasteiger partial charge on any atom is 0.271 e. The van der Waals surface area contributed by atoms with E-state index in [0.29, 0.717) is 15.9 Å². The van der Waals surface area contributed by atoms with E-state index in [1.807, 2.05) is 13.8 Å². The van der Waals surface area contributed by atoms with Gasteiger partial charge in [-0.1, -0.05) is 25.2 Å². The van der Waals surface area contributed by atoms with Crippen molar-refractivity contribution in [3.05, 3.63) is 33.3 Å². The molecule has 0 aliphatic carbocycles. The summed E-state index contributed by atoms with van der Waals surface area (Å²) in [6.07, 6.45) is -0.782. The van der Waals surface area contributed by atoms with Crippen molar-refractivity contribution >= 4 is 39.7 Å². The fraction of sp³-hybridized carbons (Fsp3) is 0.375. The summed E-state index contributed by atoms with van der Waals surface area (Å²) in [6.45, 7) is 5.07. The molecule has 3 rings (SSSR count). The molecule has 0 fully saturated rings. The van der Waals surface area contributed by atoms with Crippen LogP contribution in [0.5, 0.6) is 5.75 Å². The van der Waals surface area contributed by atoms with Crippen LogP contribution in [0.1, 0.15) is 18.9 Å². The first kappa shape index (κ1) is 18.7. The summed E-state index contributed by atoms with van der Waals surface area (Å²) < 4.78 is 5.71. The predicted octanol–water partition coefficient (Wildman–Crippen LogP) is 2.14. The van der Waals surface area contributed by atoms with E-state index >= 15 is 0 Å². The number of hydrogen-bond acceptors (Lipinski definition) is 8. The summed E-state index contributed by atoms with van der Waals surface area (Å²) in [5.41, 5.74) is -0.00648. The smallest absolute Gasteiger partial charge is 0.271 e. The van der Waals surface area contributed by atoms with Crippen LogP contribution in [-0.4, -0.2) is 39.6 Å². The number of anilines is 2. The summed E-state index contributed by atoms with van der Waals surface area (Å²) in [5.74, 6) is -0.737. The highest BCUT2D eigenvalue weighted by Gasteiger charge is 2.38. The Hall–Kier alpha value is -3.08. The summed E-state index contributed by atoms with van der Waals surface area (Å²) >= 11 is 1.20. The Balaban J connectivity index is 1.91. The van der Waals surface area contributed by atoms with Crippen LogP contribution in [0.25, 0.3) is 0 Å². The van der Waals surface area contributed by atoms with Crippen molar-refractivity contribution < 1.29 is 19.2 Å². The SMILES string of the molecule is Cc1nnc(NC(=O)CN2C(=O)C(C(C)C)Oc3ccc([N+](=O)[O-])cc32)s1. The van der Waals surface area contributed by atoms with Crippen molar-refractivity contribution in [2.75, 3.05) is 16.8 Å². The summed E-state index contributed by atoms with van der Waals surface area (Å²) in [5, 5.41) is 22.3. The average molecular weight is 391 g/mol. The molecule has 1 unspecified atom stereocenters. The van der Waals surface area contributed by atoms with Crippen molar-refractivity contribution in [3.8, 4) is 5.75 Å². The molecule has 0 spiro atoms. The lowest BCUT2D eigenvalue weighted by atomic mass is 10.0. The molecule has 10 nitrogen and oxygen atoms in total. The quantitative estimate of drug-likeness (QED) is 0.611. The third-order valence-electron chi connectivity index (χ3n) is 3.89. The molecule has 1 aromatic carbocycles. The number of fused-ring (bicyclic) bond motifs is 1. The third kappa shape index (κ3) is 3.87. The second-order valence-corrected chi connectivity index (χ2v) is 7.47. The van der Waals surface area contributed by atoms with Gasteiger partial charge in [-0.15, -0.1) is 10.2 Å². The molecule has 1 N–H and O–H groups in total. The van der Waals surface area contributed by atoms with Crippen LogP contribution in [0.2, 0.25) is 0 Å². The molecule has 0 radical (unpaired) electrons. The minimum absolute atomic E-state index is 0.141. The van der Waals surface area contributed by atoms with Gasteiger partial charge in [0.15, 0.2) is 6.10 Å². The molecule has 2 amide bonds. The molecule has 142 valence electrons. The van der Waals surface area contributed by atoms with Crippen molar-refractivity contribution in [1.82, 2.24) is 10.2 Å². The molecule has 1 aliphatic rings. The molecule has 2 aromatic rings. The van der Waals surface area contributed by atoms with Gasteiger partial charge < -0.3 is 4.74 Å². The van der Waals surface area contributed by atoms with Crippen LogP contribution < -0.4 is 15.0 Å². The monoisotopic (exact) mass is 391 g/mol. The van der Waals surface area contributed by atoms with Gasteiger partial charge in [0.2, 0.25) is 11.0 Å². The largest absolute Gasteiger partial charge is 0.478 e. The third-order valence-corrected chi connectivity index (χ3v) is 4.64. The van der Waals surface area contributed by atoms with Crippen LogP contribution >= 0.6 is 11.3 Å². The zero-order chi connectivity index (χ0) is 19.7. The molecule has 1 aliphatic heterocycles. The van der Waals surface area contributed by atoms with E-state index in [1.54, 1.807) is 6.92 Å². The van der Waals surface area contributed by atoms with Crippen LogP contribution in [0.3, 0.4) is 0 Å². The minimum Gasteiger partial charge on any atom is -0.478 e. The van der Waals surface area contributed by atoms with Crippen LogP contribution in [0.15, 0.2) is 18.2 Å². The van der Waals surface area contributed by atoms with E-state index in [9.17, 15) is 19.7 Å². The van der Waals surface area contributed by atoms with Gasteiger partial charge in [-0.3, -0.25) is 29.9 Å². The number of carbonyl (C=O) groups excluding carboxylic acids is 2. The maximum atomic E-state index is 12.8. The number of non-ortho nitro benzene ring substituents is 1. The van der Waals surface area contributed by atoms with Gasteiger partial charge in [-0.2, -0.15) is 0 Å². The number of ether oxygens (including phenoxy) is 1. The zero-order valence-electron chi connectivity index (χ0n) is 14.8. The van der Waals surface area contributed by atoms with Gasteiger partial charge in [0.05, 0.1) is 10.6 Å². The molecule has 0 saturated carbocycles. The highest BCUT2D eigenvalue weighted by molar-refractivity contribution is 7.15. The molecule has 1 atom stereocenters. The normalized spacial score (nSPS) is 16.1. The minimum atomic E-state index is -0.782. The number of aromatic nitrogens is 2. The first-order valence-corrected chi connectivity index (χ1v) is 8.94. The number of nitrogens with zero attached hydrogens (tertiary/aromatic N) is 4. The number of rotatable bonds is 5. The van der Waals surface area contributed by atoms with Crippen molar-refractivity contribution in [2.24, 2.45) is 5.92 Å². The zero-order valence-corrected chi connectivity index (χ0v) is 15.6. The Kier molecular flexibility index (Phi) is 5.04. The lowest BCUT2D eigenvalue weighted by Gasteiger charge is -2.35. The number of hydrogen-bond donors (Lipinski definition) is 1. The Morgan fingerprint density at radius 1 is 1.44 bits per heavy atom. The van der Waals surface area contributed by atoms with E-state index in [4.69, 9.17) is 4.74 Å². The Morgan fingerprint density at radius 3 is 2.78 bits per heavy atom. The maximum absolute atomic E-state index is 12.8. The number of benzene rings is 1. The summed E-state index contributed by atoms with van der Waals surface area (Å²) in [6, 6.07) is 3.97. The van der Waals surface area contributed by atoms with E-state index in [1.165, 1.54) is 34.4 Å². The van der Waals surface area contributed by atoms with E-state index in [2.05, 4.69) is 15.5 Å². The lowest BCUT2D eigenvalue weighted by Crippen LogP contribution is -2.50. The van der Waals surface area contributed by atoms with Crippen molar-refractivity contribution in [3.63, 3.8) is 0 Å². The number of nitro benzene ring substituents is 1. The van der Waals surface area contributed by atoms with Crippen LogP contribution in [0.4, 0.5) is 16.5 Å². The lowest BCUT2D eigenvalue weighted by molar-refractivity contribution is -0.384. The van der Waals surface area contributed by atoms with Gasteiger partial charge in [0.1, 0.15) is 17.3 Å². The number of carbonyl (C=O) groups is 2. The van der Waals surface area contributed by atoms with Gasteiger partial charge in [-0.05, 0) is 18.9 Å². The Morgan fingerprint density at radius 2 is 2.19 bits per heavy atom. The first-order valence-electron chi connectivity index (χ1n) is 8.12. The molecule has 0 bridgehead atoms. The standard InChI is InChI=1S/C16H17N5O5S/c1-8(2)14-15(23)20(7-13(22)17-16-19-18-9(3)27-16)11-6-10(21(24)25)4-5-12(11)26-14/h4-6,8,14H,7H2,1-3H3,(H,17,19,22). The van der Waals surface area contributed by atoms with E-state index < -0.39 is 22.8 Å². The van der Waals surface area contributed by atoms with E-state index in [0.717, 1.165) is 0 Å². The van der Waals surface area contributed by atoms with Gasteiger partial charge in [0, 0.05) is 12.1 Å². The second-order valence-electron chi connectivity index (χ2n) is 6.29. The molecule has 2 heterocycles. The number of amides is 2. The first-order chi connectivity index (χ1) is 12.8. The number of aryl methyl sites for hydroxylation is 1. The van der Waals surface area contributed by atoms with Gasteiger partial charge in [0.25, 0.3) is 11.6 Å². The van der Waals surface area contributed by atoms with Crippen LogP contribution in [0, 0.1) is 23.0 Å². The molecule has 0 saturated heterocycles. The highest BCUT2D eigenvalue weighted by Crippen LogP contribution is 2.38. The van der Waals surface area contributed by atoms with Crippen LogP contribution in [-0.2, 0) is 9.59 Å². The average Bonchev–Trinajstić information content (AvgIpc) is 3.01. The topological polar surface area (TPSA) is 128 Å². The van der Waals surface area contributed by atoms with E-state index in [-0.39, 0.29) is 23.8 Å². The molecule has 11 heteroatoms. The fourth-order valence-electron chi connectivity index (χ4n) is 2.62. The second kappa shape index (κ2) is 7.27. The summed E-state index contributed by atoms with van der Waals surface area (Å²) in [7, 11) is 0. The Bertz CT molecular complexity index is 912. The van der Waals surface area contributed by atoms with Gasteiger partial charge in [-0.25, -0.2) is 0 Å². The van der Waals surface area contributed by atoms with Crippen molar-refractivity contribution in [1.29, 1.82) is 0 Å². The fourth-order valence-corrected chi connectivity index (χ4v) is 3.23. The van der Waals surface area contributed by atoms with Crippen molar-refractivity contribution in [2.45, 2.75) is 26.9 Å². The number of nitro groups is 1. The molecular formula is C16H17N5O5S. The molecular weight excluding hydrogens is 374 g/mol. The Labute approximate surface area is 158 Å². The summed E-state index contributed by atoms with van der Waals surface area (Å²) in [4.78, 5) is 36.9. The molecule has 1 aromatic heterocycles. The number of nitrogens with one attached hydrogen (secondary N) is 1. The highest BCUT2D eigenvalue weighted by atomic mass is 32.1. The van der Waals surface area contributed by atoms with Gasteiger partial charge >= 0.3 is 0 Å². The predicted molar refractivity (Wildman–Crippen MR) is 98.0 cm³/mol. The molecule has 27 heavy (non-hydrogen) atoms.